The molecule has 0 aromatic heterocycles. The van der Waals surface area contributed by atoms with Crippen molar-refractivity contribution in [2.24, 2.45) is 0 Å². The maximum Gasteiger partial charge on any atom is 0.255 e. The van der Waals surface area contributed by atoms with Crippen LogP contribution in [0.5, 0.6) is 5.75 Å². The van der Waals surface area contributed by atoms with Gasteiger partial charge in [-0.25, -0.2) is 0 Å². The Labute approximate surface area is 188 Å². The highest BCUT2D eigenvalue weighted by Gasteiger charge is 2.41. The largest absolute Gasteiger partial charge is 0.497 e. The van der Waals surface area contributed by atoms with Crippen LogP contribution in [-0.4, -0.2) is 39.6 Å². The Kier molecular flexibility index (Phi) is 5.86. The molecule has 1 aliphatic heterocycles. The van der Waals surface area contributed by atoms with Crippen LogP contribution in [0.25, 0.3) is 0 Å². The number of ether oxygens (including phenoxy) is 1. The van der Waals surface area contributed by atoms with Gasteiger partial charge in [-0.05, 0) is 61.0 Å². The van der Waals surface area contributed by atoms with Gasteiger partial charge in [-0.2, -0.15) is 0 Å². The number of rotatable bonds is 5. The molecule has 3 aromatic carbocycles. The second-order valence-corrected chi connectivity index (χ2v) is 8.11. The Bertz CT molecular complexity index is 1110. The molecule has 0 spiro atoms. The number of benzene rings is 3. The summed E-state index contributed by atoms with van der Waals surface area (Å²) in [6.07, 6.45) is 0. The van der Waals surface area contributed by atoms with Gasteiger partial charge in [0.25, 0.3) is 5.91 Å². The van der Waals surface area contributed by atoms with E-state index in [1.54, 1.807) is 29.0 Å². The number of carbonyl (C=O) groups excluding carboxylic acids is 2. The van der Waals surface area contributed by atoms with E-state index in [-0.39, 0.29) is 18.4 Å². The van der Waals surface area contributed by atoms with Crippen LogP contribution < -0.4 is 19.4 Å². The van der Waals surface area contributed by atoms with Crippen LogP contribution in [0.4, 0.5) is 17.1 Å². The average Bonchev–Trinajstić information content (AvgIpc) is 2.81. The molecule has 0 aliphatic carbocycles. The molecule has 1 aliphatic rings. The van der Waals surface area contributed by atoms with Crippen LogP contribution in [0.3, 0.4) is 0 Å². The standard InChI is InChI=1S/C26H27N3O3/c1-18-5-9-21(10-6-18)28-17-24(30)29(22-13-15-23(32-4)16-14-22)25(26(28)31)19-7-11-20(12-8-19)27(2)3/h5-16,25H,17H2,1-4H3/t25-/m0/s1. The molecule has 0 radical (unpaired) electrons. The fraction of sp³-hybridized carbons (Fsp3) is 0.231. The van der Waals surface area contributed by atoms with Crippen LogP contribution in [-0.2, 0) is 9.59 Å². The first-order valence-electron chi connectivity index (χ1n) is 10.5. The third kappa shape index (κ3) is 4.04. The number of anilines is 3. The van der Waals surface area contributed by atoms with Gasteiger partial charge in [-0.15, -0.1) is 0 Å². The highest BCUT2D eigenvalue weighted by atomic mass is 16.5. The van der Waals surface area contributed by atoms with E-state index in [1.165, 1.54) is 0 Å². The van der Waals surface area contributed by atoms with E-state index in [1.807, 2.05) is 86.6 Å². The lowest BCUT2D eigenvalue weighted by molar-refractivity contribution is -0.128. The SMILES string of the molecule is COc1ccc(N2C(=O)CN(c3ccc(C)cc3)C(=O)[C@@H]2c2ccc(N(C)C)cc2)cc1. The van der Waals surface area contributed by atoms with E-state index >= 15 is 0 Å². The summed E-state index contributed by atoms with van der Waals surface area (Å²) in [6, 6.07) is 21.9. The quantitative estimate of drug-likeness (QED) is 0.610. The van der Waals surface area contributed by atoms with Gasteiger partial charge in [-0.3, -0.25) is 14.5 Å². The van der Waals surface area contributed by atoms with Gasteiger partial charge in [-0.1, -0.05) is 29.8 Å². The maximum absolute atomic E-state index is 13.8. The van der Waals surface area contributed by atoms with Crippen molar-refractivity contribution in [3.8, 4) is 5.75 Å². The monoisotopic (exact) mass is 429 g/mol. The van der Waals surface area contributed by atoms with E-state index in [0.717, 1.165) is 22.5 Å². The van der Waals surface area contributed by atoms with Crippen LogP contribution in [0, 0.1) is 6.92 Å². The Hall–Kier alpha value is -3.80. The van der Waals surface area contributed by atoms with Gasteiger partial charge >= 0.3 is 0 Å². The lowest BCUT2D eigenvalue weighted by atomic mass is 9.99. The van der Waals surface area contributed by atoms with Crippen molar-refractivity contribution in [3.63, 3.8) is 0 Å². The summed E-state index contributed by atoms with van der Waals surface area (Å²) < 4.78 is 5.25. The Morgan fingerprint density at radius 2 is 1.44 bits per heavy atom. The van der Waals surface area contributed by atoms with Crippen LogP contribution in [0.15, 0.2) is 72.8 Å². The molecule has 3 aromatic rings. The first-order valence-corrected chi connectivity index (χ1v) is 10.5. The smallest absolute Gasteiger partial charge is 0.255 e. The number of methoxy groups -OCH3 is 1. The normalized spacial score (nSPS) is 16.3. The highest BCUT2D eigenvalue weighted by molar-refractivity contribution is 6.14. The van der Waals surface area contributed by atoms with Gasteiger partial charge in [0, 0.05) is 31.2 Å². The Balaban J connectivity index is 1.78. The van der Waals surface area contributed by atoms with E-state index in [2.05, 4.69) is 0 Å². The molecule has 0 saturated carbocycles. The number of hydrogen-bond acceptors (Lipinski definition) is 4. The summed E-state index contributed by atoms with van der Waals surface area (Å²) in [5.74, 6) is 0.414. The van der Waals surface area contributed by atoms with Crippen LogP contribution in [0.2, 0.25) is 0 Å². The van der Waals surface area contributed by atoms with Crippen LogP contribution in [0.1, 0.15) is 17.2 Å². The third-order valence-electron chi connectivity index (χ3n) is 5.74. The van der Waals surface area contributed by atoms with Crippen molar-refractivity contribution in [1.82, 2.24) is 0 Å². The zero-order chi connectivity index (χ0) is 22.8. The summed E-state index contributed by atoms with van der Waals surface area (Å²) in [4.78, 5) is 32.3. The first kappa shape index (κ1) is 21.4. The predicted octanol–water partition coefficient (Wildman–Crippen LogP) is 4.19. The second kappa shape index (κ2) is 8.75. The van der Waals surface area contributed by atoms with Crippen LogP contribution >= 0.6 is 0 Å². The first-order chi connectivity index (χ1) is 15.4. The molecule has 4 rings (SSSR count). The molecule has 0 unspecified atom stereocenters. The second-order valence-electron chi connectivity index (χ2n) is 8.11. The number of hydrogen-bond donors (Lipinski definition) is 0. The van der Waals surface area contributed by atoms with Crippen molar-refractivity contribution >= 4 is 28.9 Å². The summed E-state index contributed by atoms with van der Waals surface area (Å²) in [5, 5.41) is 0. The fourth-order valence-corrected chi connectivity index (χ4v) is 3.92. The van der Waals surface area contributed by atoms with Gasteiger partial charge < -0.3 is 14.5 Å². The predicted molar refractivity (Wildman–Crippen MR) is 128 cm³/mol. The lowest BCUT2D eigenvalue weighted by Gasteiger charge is -2.40. The zero-order valence-electron chi connectivity index (χ0n) is 18.8. The van der Waals surface area contributed by atoms with Crippen molar-refractivity contribution < 1.29 is 14.3 Å². The van der Waals surface area contributed by atoms with E-state index in [9.17, 15) is 9.59 Å². The lowest BCUT2D eigenvalue weighted by Crippen LogP contribution is -2.56. The number of piperazine rings is 1. The number of aryl methyl sites for hydroxylation is 1. The van der Waals surface area contributed by atoms with Gasteiger partial charge in [0.1, 0.15) is 18.3 Å². The molecule has 164 valence electrons. The van der Waals surface area contributed by atoms with E-state index < -0.39 is 6.04 Å². The molecular formula is C26H27N3O3. The number of carbonyl (C=O) groups is 2. The molecule has 1 saturated heterocycles. The summed E-state index contributed by atoms with van der Waals surface area (Å²) in [6.45, 7) is 1.98. The molecule has 6 heteroatoms. The average molecular weight is 430 g/mol. The minimum Gasteiger partial charge on any atom is -0.497 e. The fourth-order valence-electron chi connectivity index (χ4n) is 3.92. The number of nitrogens with zero attached hydrogens (tertiary/aromatic N) is 3. The molecule has 1 atom stereocenters. The minimum absolute atomic E-state index is 0.0137. The molecule has 2 amide bonds. The van der Waals surface area contributed by atoms with Gasteiger partial charge in [0.15, 0.2) is 0 Å². The van der Waals surface area contributed by atoms with E-state index in [4.69, 9.17) is 4.74 Å². The van der Waals surface area contributed by atoms with E-state index in [0.29, 0.717) is 11.4 Å². The third-order valence-corrected chi connectivity index (χ3v) is 5.74. The van der Waals surface area contributed by atoms with Crippen molar-refractivity contribution in [2.75, 3.05) is 42.4 Å². The number of amides is 2. The summed E-state index contributed by atoms with van der Waals surface area (Å²) in [5.41, 5.74) is 4.27. The topological polar surface area (TPSA) is 53.1 Å². The highest BCUT2D eigenvalue weighted by Crippen LogP contribution is 2.35. The molecule has 1 heterocycles. The molecule has 0 N–H and O–H groups in total. The molecular weight excluding hydrogens is 402 g/mol. The maximum atomic E-state index is 13.8. The van der Waals surface area contributed by atoms with Gasteiger partial charge in [0.05, 0.1) is 7.11 Å². The van der Waals surface area contributed by atoms with Crippen molar-refractivity contribution in [3.05, 3.63) is 83.9 Å². The minimum atomic E-state index is -0.762. The Morgan fingerprint density at radius 3 is 2.00 bits per heavy atom. The molecule has 6 nitrogen and oxygen atoms in total. The molecule has 32 heavy (non-hydrogen) atoms. The van der Waals surface area contributed by atoms with Crippen molar-refractivity contribution in [2.45, 2.75) is 13.0 Å². The Morgan fingerprint density at radius 1 is 0.844 bits per heavy atom. The molecule has 0 bridgehead atoms. The van der Waals surface area contributed by atoms with Crippen molar-refractivity contribution in [1.29, 1.82) is 0 Å². The van der Waals surface area contributed by atoms with Gasteiger partial charge in [0.2, 0.25) is 5.91 Å². The summed E-state index contributed by atoms with van der Waals surface area (Å²) >= 11 is 0. The summed E-state index contributed by atoms with van der Waals surface area (Å²) in [7, 11) is 5.53. The zero-order valence-corrected chi connectivity index (χ0v) is 18.8. The molecule has 1 fully saturated rings.